The highest BCUT2D eigenvalue weighted by Gasteiger charge is 2.26. The van der Waals surface area contributed by atoms with Gasteiger partial charge in [0, 0.05) is 13.1 Å². The van der Waals surface area contributed by atoms with Gasteiger partial charge in [0.05, 0.1) is 32.3 Å². The number of carbonyl (C=O) groups is 2. The molecule has 10 heteroatoms. The maximum absolute atomic E-state index is 12.5. The summed E-state index contributed by atoms with van der Waals surface area (Å²) in [6.07, 6.45) is 0. The van der Waals surface area contributed by atoms with Crippen molar-refractivity contribution in [1.29, 1.82) is 0 Å². The van der Waals surface area contributed by atoms with E-state index in [1.165, 1.54) is 39.9 Å². The number of hydrogen-bond acceptors (Lipinski definition) is 7. The van der Waals surface area contributed by atoms with Gasteiger partial charge in [-0.25, -0.2) is 13.2 Å². The quantitative estimate of drug-likeness (QED) is 0.472. The minimum Gasteiger partial charge on any atom is -0.454 e. The number of ether oxygens (including phenoxy) is 2. The molecule has 0 N–H and O–H groups in total. The van der Waals surface area contributed by atoms with E-state index in [2.05, 4.69) is 15.9 Å². The molecule has 0 radical (unpaired) electrons. The first-order chi connectivity index (χ1) is 12.9. The number of ketones is 1. The lowest BCUT2D eigenvalue weighted by Crippen LogP contribution is -2.40. The number of thiophene rings is 1. The van der Waals surface area contributed by atoms with Gasteiger partial charge < -0.3 is 9.47 Å². The molecule has 1 aromatic heterocycles. The molecule has 144 valence electrons. The Labute approximate surface area is 169 Å². The highest BCUT2D eigenvalue weighted by molar-refractivity contribution is 9.11. The molecule has 3 rings (SSSR count). The minimum absolute atomic E-state index is 0.0977. The first kappa shape index (κ1) is 20.2. The molecule has 7 nitrogen and oxygen atoms in total. The van der Waals surface area contributed by atoms with Gasteiger partial charge in [0.1, 0.15) is 0 Å². The molecule has 0 unspecified atom stereocenters. The summed E-state index contributed by atoms with van der Waals surface area (Å²) >= 11 is 4.52. The number of halogens is 1. The Bertz CT molecular complexity index is 933. The van der Waals surface area contributed by atoms with Gasteiger partial charge in [0.2, 0.25) is 15.8 Å². The predicted molar refractivity (Wildman–Crippen MR) is 103 cm³/mol. The fraction of sp³-hybridized carbons (Fsp3) is 0.294. The van der Waals surface area contributed by atoms with Gasteiger partial charge in [0.15, 0.2) is 6.61 Å². The second-order valence-electron chi connectivity index (χ2n) is 5.64. The third-order valence-corrected chi connectivity index (χ3v) is 7.46. The number of benzene rings is 1. The summed E-state index contributed by atoms with van der Waals surface area (Å²) in [5.41, 5.74) is 0.177. The first-order valence-electron chi connectivity index (χ1n) is 8.01. The number of sulfonamides is 1. The Morgan fingerprint density at radius 3 is 2.37 bits per heavy atom. The molecular weight excluding hydrogens is 458 g/mol. The number of nitrogens with zero attached hydrogens (tertiary/aromatic N) is 1. The Kier molecular flexibility index (Phi) is 6.43. The van der Waals surface area contributed by atoms with Crippen LogP contribution in [0.15, 0.2) is 45.1 Å². The van der Waals surface area contributed by atoms with E-state index in [-0.39, 0.29) is 22.8 Å². The van der Waals surface area contributed by atoms with E-state index >= 15 is 0 Å². The first-order valence-corrected chi connectivity index (χ1v) is 11.1. The molecule has 0 spiro atoms. The smallest absolute Gasteiger partial charge is 0.338 e. The zero-order chi connectivity index (χ0) is 19.4. The molecule has 0 aliphatic carbocycles. The van der Waals surface area contributed by atoms with E-state index in [1.54, 1.807) is 12.1 Å². The van der Waals surface area contributed by atoms with Crippen molar-refractivity contribution in [3.8, 4) is 0 Å². The Morgan fingerprint density at radius 2 is 1.78 bits per heavy atom. The summed E-state index contributed by atoms with van der Waals surface area (Å²) in [4.78, 5) is 24.6. The minimum atomic E-state index is -3.62. The van der Waals surface area contributed by atoms with Crippen molar-refractivity contribution in [3.63, 3.8) is 0 Å². The van der Waals surface area contributed by atoms with Crippen LogP contribution in [0, 0.1) is 0 Å². The van der Waals surface area contributed by atoms with Crippen LogP contribution in [-0.2, 0) is 19.5 Å². The van der Waals surface area contributed by atoms with E-state index < -0.39 is 16.0 Å². The van der Waals surface area contributed by atoms with E-state index in [0.717, 1.165) is 3.79 Å². The summed E-state index contributed by atoms with van der Waals surface area (Å²) in [7, 11) is -3.62. The Hall–Kier alpha value is -1.59. The highest BCUT2D eigenvalue weighted by atomic mass is 79.9. The molecule has 0 atom stereocenters. The van der Waals surface area contributed by atoms with Crippen LogP contribution in [0.2, 0.25) is 0 Å². The molecule has 0 amide bonds. The lowest BCUT2D eigenvalue weighted by Gasteiger charge is -2.26. The molecule has 0 saturated carbocycles. The SMILES string of the molecule is O=C(OCC(=O)c1ccc(Br)s1)c1ccc(S(=O)(=O)N2CCOCC2)cc1. The lowest BCUT2D eigenvalue weighted by atomic mass is 10.2. The summed E-state index contributed by atoms with van der Waals surface area (Å²) in [5, 5.41) is 0. The van der Waals surface area contributed by atoms with Crippen molar-refractivity contribution < 1.29 is 27.5 Å². The van der Waals surface area contributed by atoms with Gasteiger partial charge in [-0.2, -0.15) is 4.31 Å². The van der Waals surface area contributed by atoms with Crippen LogP contribution in [0.3, 0.4) is 0 Å². The molecule has 1 aliphatic rings. The van der Waals surface area contributed by atoms with Crippen molar-refractivity contribution in [2.75, 3.05) is 32.9 Å². The molecule has 27 heavy (non-hydrogen) atoms. The normalized spacial score (nSPS) is 15.4. The predicted octanol–water partition coefficient (Wildman–Crippen LogP) is 2.57. The van der Waals surface area contributed by atoms with Crippen LogP contribution in [0.5, 0.6) is 0 Å². The maximum Gasteiger partial charge on any atom is 0.338 e. The standard InChI is InChI=1S/C17H16BrNO6S2/c18-16-6-5-15(26-16)14(20)11-25-17(21)12-1-3-13(4-2-12)27(22,23)19-7-9-24-10-8-19/h1-6H,7-11H2. The summed E-state index contributed by atoms with van der Waals surface area (Å²) in [6.45, 7) is 0.941. The number of esters is 1. The topological polar surface area (TPSA) is 90.0 Å². The van der Waals surface area contributed by atoms with Crippen LogP contribution in [-0.4, -0.2) is 57.4 Å². The van der Waals surface area contributed by atoms with Crippen LogP contribution < -0.4 is 0 Å². The van der Waals surface area contributed by atoms with Crippen molar-refractivity contribution in [2.45, 2.75) is 4.90 Å². The van der Waals surface area contributed by atoms with Gasteiger partial charge in [-0.3, -0.25) is 4.79 Å². The van der Waals surface area contributed by atoms with Crippen molar-refractivity contribution >= 4 is 49.0 Å². The van der Waals surface area contributed by atoms with Crippen molar-refractivity contribution in [3.05, 3.63) is 50.6 Å². The fourth-order valence-corrected chi connectivity index (χ4v) is 5.17. The van der Waals surface area contributed by atoms with Gasteiger partial charge in [-0.1, -0.05) is 0 Å². The molecular formula is C17H16BrNO6S2. The van der Waals surface area contributed by atoms with Crippen molar-refractivity contribution in [1.82, 2.24) is 4.31 Å². The third-order valence-electron chi connectivity index (χ3n) is 3.88. The monoisotopic (exact) mass is 473 g/mol. The number of morpholine rings is 1. The Morgan fingerprint density at radius 1 is 1.11 bits per heavy atom. The van der Waals surface area contributed by atoms with Crippen molar-refractivity contribution in [2.24, 2.45) is 0 Å². The zero-order valence-electron chi connectivity index (χ0n) is 14.1. The third kappa shape index (κ3) is 4.82. The largest absolute Gasteiger partial charge is 0.454 e. The van der Waals surface area contributed by atoms with E-state index in [1.807, 2.05) is 0 Å². The average molecular weight is 474 g/mol. The number of carbonyl (C=O) groups excluding carboxylic acids is 2. The van der Waals surface area contributed by atoms with Gasteiger partial charge in [-0.15, -0.1) is 11.3 Å². The lowest BCUT2D eigenvalue weighted by molar-refractivity contribution is 0.0475. The molecule has 1 fully saturated rings. The molecule has 1 aromatic carbocycles. The second kappa shape index (κ2) is 8.61. The summed E-state index contributed by atoms with van der Waals surface area (Å²) < 4.78 is 37.4. The van der Waals surface area contributed by atoms with Gasteiger partial charge in [0.25, 0.3) is 0 Å². The van der Waals surface area contributed by atoms with E-state index in [0.29, 0.717) is 31.2 Å². The van der Waals surface area contributed by atoms with Crippen LogP contribution >= 0.6 is 27.3 Å². The van der Waals surface area contributed by atoms with Crippen LogP contribution in [0.4, 0.5) is 0 Å². The fourth-order valence-electron chi connectivity index (χ4n) is 2.45. The molecule has 2 aromatic rings. The molecule has 1 aliphatic heterocycles. The van der Waals surface area contributed by atoms with Crippen LogP contribution in [0.1, 0.15) is 20.0 Å². The molecule has 1 saturated heterocycles. The molecule has 2 heterocycles. The second-order valence-corrected chi connectivity index (χ2v) is 10.0. The van der Waals surface area contributed by atoms with E-state index in [4.69, 9.17) is 9.47 Å². The van der Waals surface area contributed by atoms with Crippen LogP contribution in [0.25, 0.3) is 0 Å². The summed E-state index contributed by atoms with van der Waals surface area (Å²) in [6, 6.07) is 8.87. The number of Topliss-reactive ketones (excluding diaryl/α,β-unsaturated/α-hetero) is 1. The number of rotatable bonds is 6. The van der Waals surface area contributed by atoms with Gasteiger partial charge >= 0.3 is 5.97 Å². The highest BCUT2D eigenvalue weighted by Crippen LogP contribution is 2.22. The van der Waals surface area contributed by atoms with Gasteiger partial charge in [-0.05, 0) is 52.3 Å². The zero-order valence-corrected chi connectivity index (χ0v) is 17.3. The maximum atomic E-state index is 12.5. The Balaban J connectivity index is 1.62. The average Bonchev–Trinajstić information content (AvgIpc) is 3.13. The number of hydrogen-bond donors (Lipinski definition) is 0. The summed E-state index contributed by atoms with van der Waals surface area (Å²) in [5.74, 6) is -0.986. The molecule has 0 bridgehead atoms. The van der Waals surface area contributed by atoms with E-state index in [9.17, 15) is 18.0 Å².